The van der Waals surface area contributed by atoms with Gasteiger partial charge in [0.2, 0.25) is 0 Å². The predicted octanol–water partition coefficient (Wildman–Crippen LogP) is 6.18. The van der Waals surface area contributed by atoms with Crippen molar-refractivity contribution in [2.24, 2.45) is 0 Å². The van der Waals surface area contributed by atoms with Crippen molar-refractivity contribution >= 4 is 33.2 Å². The number of ether oxygens (including phenoxy) is 2. The van der Waals surface area contributed by atoms with Crippen LogP contribution < -0.4 is 9.47 Å². The Bertz CT molecular complexity index is 1080. The van der Waals surface area contributed by atoms with Gasteiger partial charge in [-0.2, -0.15) is 0 Å². The number of nitrogens with zero attached hydrogens (tertiary/aromatic N) is 1. The van der Waals surface area contributed by atoms with Gasteiger partial charge in [-0.15, -0.1) is 11.3 Å². The van der Waals surface area contributed by atoms with Crippen molar-refractivity contribution in [1.29, 1.82) is 0 Å². The summed E-state index contributed by atoms with van der Waals surface area (Å²) in [5.41, 5.74) is 6.12. The highest BCUT2D eigenvalue weighted by molar-refractivity contribution is 9.11. The molecular formula is C23H26BrNO4S. The van der Waals surface area contributed by atoms with Crippen molar-refractivity contribution in [3.63, 3.8) is 0 Å². The van der Waals surface area contributed by atoms with Crippen molar-refractivity contribution in [2.75, 3.05) is 14.2 Å². The van der Waals surface area contributed by atoms with E-state index in [1.807, 2.05) is 38.1 Å². The van der Waals surface area contributed by atoms with Crippen molar-refractivity contribution in [1.82, 2.24) is 4.57 Å². The second-order valence-corrected chi connectivity index (χ2v) is 9.19. The average molecular weight is 492 g/mol. The first-order valence-electron chi connectivity index (χ1n) is 9.89. The summed E-state index contributed by atoms with van der Waals surface area (Å²) in [5, 5.41) is 9.63. The van der Waals surface area contributed by atoms with Gasteiger partial charge in [0.05, 0.1) is 30.1 Å². The van der Waals surface area contributed by atoms with E-state index in [0.29, 0.717) is 11.5 Å². The summed E-state index contributed by atoms with van der Waals surface area (Å²) >= 11 is 5.15. The van der Waals surface area contributed by atoms with Crippen LogP contribution in [-0.2, 0) is 24.2 Å². The maximum Gasteiger partial charge on any atom is 0.307 e. The van der Waals surface area contributed by atoms with Gasteiger partial charge in [-0.1, -0.05) is 13.8 Å². The molecule has 30 heavy (non-hydrogen) atoms. The number of fused-ring (bicyclic) bond motifs is 3. The number of halogens is 1. The molecule has 0 bridgehead atoms. The van der Waals surface area contributed by atoms with E-state index >= 15 is 0 Å². The van der Waals surface area contributed by atoms with E-state index < -0.39 is 5.97 Å². The molecule has 0 spiro atoms. The van der Waals surface area contributed by atoms with Crippen LogP contribution in [0.5, 0.6) is 11.5 Å². The molecule has 0 saturated heterocycles. The second kappa shape index (κ2) is 9.27. The topological polar surface area (TPSA) is 60.7 Å². The van der Waals surface area contributed by atoms with E-state index in [4.69, 9.17) is 9.47 Å². The van der Waals surface area contributed by atoms with Crippen LogP contribution >= 0.6 is 27.3 Å². The smallest absolute Gasteiger partial charge is 0.307 e. The van der Waals surface area contributed by atoms with Gasteiger partial charge in [0.1, 0.15) is 0 Å². The van der Waals surface area contributed by atoms with Gasteiger partial charge in [0, 0.05) is 28.2 Å². The SMILES string of the molecule is CC.COc1cc2c(cc1OC)-c1c(CC(=O)O)c(-c3ccc(Br)s3)c(C)n1CC2. The molecule has 1 N–H and O–H groups in total. The Morgan fingerprint density at radius 1 is 1.20 bits per heavy atom. The van der Waals surface area contributed by atoms with Gasteiger partial charge < -0.3 is 19.1 Å². The molecule has 0 aliphatic carbocycles. The highest BCUT2D eigenvalue weighted by Crippen LogP contribution is 2.46. The number of aliphatic carboxylic acids is 1. The fourth-order valence-corrected chi connectivity index (χ4v) is 5.58. The zero-order valence-corrected chi connectivity index (χ0v) is 20.2. The highest BCUT2D eigenvalue weighted by Gasteiger charge is 2.29. The van der Waals surface area contributed by atoms with E-state index in [1.54, 1.807) is 25.6 Å². The molecule has 0 unspecified atom stereocenters. The fourth-order valence-electron chi connectivity index (χ4n) is 4.07. The lowest BCUT2D eigenvalue weighted by Crippen LogP contribution is -2.13. The van der Waals surface area contributed by atoms with Crippen molar-refractivity contribution < 1.29 is 19.4 Å². The normalized spacial score (nSPS) is 11.8. The molecule has 0 radical (unpaired) electrons. The van der Waals surface area contributed by atoms with Gasteiger partial charge in [0.25, 0.3) is 0 Å². The molecule has 0 amide bonds. The third-order valence-corrected chi connectivity index (χ3v) is 6.88. The molecule has 0 saturated carbocycles. The van der Waals surface area contributed by atoms with Gasteiger partial charge in [0.15, 0.2) is 11.5 Å². The largest absolute Gasteiger partial charge is 0.493 e. The molecule has 2 aromatic heterocycles. The van der Waals surface area contributed by atoms with Gasteiger partial charge in [-0.05, 0) is 64.7 Å². The number of carboxylic acids is 1. The molecular weight excluding hydrogens is 466 g/mol. The molecule has 1 aromatic carbocycles. The number of benzene rings is 1. The number of carboxylic acid groups (broad SMARTS) is 1. The van der Waals surface area contributed by atoms with Crippen LogP contribution in [0.2, 0.25) is 0 Å². The molecule has 4 rings (SSSR count). The third-order valence-electron chi connectivity index (χ3n) is 5.24. The summed E-state index contributed by atoms with van der Waals surface area (Å²) in [5.74, 6) is 0.508. The number of rotatable bonds is 5. The predicted molar refractivity (Wildman–Crippen MR) is 125 cm³/mol. The summed E-state index contributed by atoms with van der Waals surface area (Å²) in [4.78, 5) is 12.8. The Balaban J connectivity index is 0.00000124. The summed E-state index contributed by atoms with van der Waals surface area (Å²) in [7, 11) is 3.24. The Labute approximate surface area is 189 Å². The third kappa shape index (κ3) is 3.88. The first-order valence-corrected chi connectivity index (χ1v) is 11.5. The molecule has 3 aromatic rings. The quantitative estimate of drug-likeness (QED) is 0.462. The summed E-state index contributed by atoms with van der Waals surface area (Å²) in [6.45, 7) is 6.88. The molecule has 0 atom stereocenters. The van der Waals surface area contributed by atoms with E-state index in [2.05, 4.69) is 27.4 Å². The monoisotopic (exact) mass is 491 g/mol. The van der Waals surface area contributed by atoms with Crippen molar-refractivity contribution in [3.05, 3.63) is 44.9 Å². The Kier molecular flexibility index (Phi) is 6.93. The minimum Gasteiger partial charge on any atom is -0.493 e. The van der Waals surface area contributed by atoms with Crippen LogP contribution in [0.3, 0.4) is 0 Å². The molecule has 1 aliphatic heterocycles. The maximum atomic E-state index is 11.7. The molecule has 160 valence electrons. The first kappa shape index (κ1) is 22.4. The number of thiophene rings is 1. The van der Waals surface area contributed by atoms with Crippen LogP contribution in [-0.4, -0.2) is 29.9 Å². The molecule has 7 heteroatoms. The van der Waals surface area contributed by atoms with Crippen LogP contribution in [0, 0.1) is 6.92 Å². The summed E-state index contributed by atoms with van der Waals surface area (Å²) in [6.07, 6.45) is 0.833. The highest BCUT2D eigenvalue weighted by atomic mass is 79.9. The standard InChI is InChI=1S/C21H20BrNO4S.C2H6/c1-11-20(17-4-5-18(22)28-17)14(10-19(24)25)21-13-9-16(27-3)15(26-2)8-12(13)6-7-23(11)21;1-2/h4-5,8-9H,6-7,10H2,1-3H3,(H,24,25);1-2H3. The van der Waals surface area contributed by atoms with E-state index in [0.717, 1.165) is 55.3 Å². The molecule has 0 fully saturated rings. The number of carbonyl (C=O) groups is 1. The Hall–Kier alpha value is -2.25. The minimum absolute atomic E-state index is 0.0260. The van der Waals surface area contributed by atoms with Gasteiger partial charge in [-0.3, -0.25) is 4.79 Å². The van der Waals surface area contributed by atoms with E-state index in [9.17, 15) is 9.90 Å². The minimum atomic E-state index is -0.835. The number of hydrogen-bond donors (Lipinski definition) is 1. The molecule has 5 nitrogen and oxygen atoms in total. The van der Waals surface area contributed by atoms with Crippen molar-refractivity contribution in [3.8, 4) is 33.2 Å². The Morgan fingerprint density at radius 2 is 1.87 bits per heavy atom. The molecule has 1 aliphatic rings. The number of aryl methyl sites for hydroxylation is 1. The molecule has 3 heterocycles. The summed E-state index contributed by atoms with van der Waals surface area (Å²) < 4.78 is 14.2. The lowest BCUT2D eigenvalue weighted by Gasteiger charge is -2.23. The van der Waals surface area contributed by atoms with Gasteiger partial charge >= 0.3 is 5.97 Å². The number of aromatic nitrogens is 1. The van der Waals surface area contributed by atoms with Crippen LogP contribution in [0.1, 0.15) is 30.7 Å². The maximum absolute atomic E-state index is 11.7. The number of hydrogen-bond acceptors (Lipinski definition) is 4. The van der Waals surface area contributed by atoms with E-state index in [-0.39, 0.29) is 6.42 Å². The van der Waals surface area contributed by atoms with Crippen LogP contribution in [0.25, 0.3) is 21.7 Å². The zero-order valence-electron chi connectivity index (χ0n) is 17.8. The Morgan fingerprint density at radius 3 is 2.43 bits per heavy atom. The lowest BCUT2D eigenvalue weighted by molar-refractivity contribution is -0.136. The average Bonchev–Trinajstić information content (AvgIpc) is 3.28. The first-order chi connectivity index (χ1) is 14.4. The lowest BCUT2D eigenvalue weighted by atomic mass is 9.93. The zero-order chi connectivity index (χ0) is 22.0. The van der Waals surface area contributed by atoms with Gasteiger partial charge in [-0.25, -0.2) is 0 Å². The number of methoxy groups -OCH3 is 2. The van der Waals surface area contributed by atoms with Crippen LogP contribution in [0.15, 0.2) is 28.1 Å². The second-order valence-electron chi connectivity index (χ2n) is 6.73. The fraction of sp³-hybridized carbons (Fsp3) is 0.348. The van der Waals surface area contributed by atoms with E-state index in [1.165, 1.54) is 0 Å². The van der Waals surface area contributed by atoms with Crippen molar-refractivity contribution in [2.45, 2.75) is 40.2 Å². The summed E-state index contributed by atoms with van der Waals surface area (Å²) in [6, 6.07) is 8.02. The van der Waals surface area contributed by atoms with Crippen LogP contribution in [0.4, 0.5) is 0 Å².